The molecule has 66 valence electrons. The number of aliphatic hydroxyl groups excluding tert-OH is 1. The van der Waals surface area contributed by atoms with Crippen LogP contribution in [-0.2, 0) is 6.42 Å². The topological polar surface area (TPSA) is 33.1 Å². The molecule has 0 amide bonds. The maximum absolute atomic E-state index is 9.15. The van der Waals surface area contributed by atoms with Crippen LogP contribution in [0.4, 0.5) is 0 Å². The molecule has 2 heteroatoms. The molecule has 2 nitrogen and oxygen atoms in total. The fraction of sp³-hybridized carbons (Fsp3) is 0.500. The van der Waals surface area contributed by atoms with Gasteiger partial charge in [-0.05, 0) is 38.5 Å². The Balaban J connectivity index is 2.85. The van der Waals surface area contributed by atoms with Gasteiger partial charge < -0.3 is 5.11 Å². The average molecular weight is 165 g/mol. The molecule has 0 aliphatic carbocycles. The monoisotopic (exact) mass is 165 g/mol. The fourth-order valence-electron chi connectivity index (χ4n) is 1.33. The number of rotatable bonds is 2. The highest BCUT2D eigenvalue weighted by Crippen LogP contribution is 2.06. The summed E-state index contributed by atoms with van der Waals surface area (Å²) in [5.74, 6) is 0. The molecule has 0 unspecified atom stereocenters. The molecule has 0 radical (unpaired) electrons. The molecule has 1 atom stereocenters. The Morgan fingerprint density at radius 2 is 2.08 bits per heavy atom. The number of pyridine rings is 1. The number of hydrogen-bond donors (Lipinski definition) is 1. The van der Waals surface area contributed by atoms with Crippen molar-refractivity contribution < 1.29 is 5.11 Å². The molecule has 1 N–H and O–H groups in total. The molecule has 12 heavy (non-hydrogen) atoms. The summed E-state index contributed by atoms with van der Waals surface area (Å²) in [6.07, 6.45) is 0.335. The minimum atomic E-state index is -0.307. The predicted molar refractivity (Wildman–Crippen MR) is 49.1 cm³/mol. The number of nitrogens with zero attached hydrogens (tertiary/aromatic N) is 1. The first-order valence-electron chi connectivity index (χ1n) is 4.20. The van der Waals surface area contributed by atoms with Crippen molar-refractivity contribution in [3.05, 3.63) is 29.1 Å². The van der Waals surface area contributed by atoms with E-state index in [1.807, 2.05) is 26.0 Å². The van der Waals surface area contributed by atoms with Gasteiger partial charge in [-0.2, -0.15) is 0 Å². The minimum Gasteiger partial charge on any atom is -0.393 e. The summed E-state index contributed by atoms with van der Waals surface area (Å²) in [7, 11) is 0. The average Bonchev–Trinajstić information content (AvgIpc) is 1.81. The van der Waals surface area contributed by atoms with Crippen molar-refractivity contribution in [2.45, 2.75) is 33.3 Å². The van der Waals surface area contributed by atoms with Crippen molar-refractivity contribution in [1.82, 2.24) is 4.98 Å². The SMILES string of the molecule is Cc1cc(C)nc(C[C@H](C)O)c1. The van der Waals surface area contributed by atoms with E-state index in [9.17, 15) is 0 Å². The van der Waals surface area contributed by atoms with Crippen LogP contribution in [0.25, 0.3) is 0 Å². The van der Waals surface area contributed by atoms with Gasteiger partial charge in [-0.1, -0.05) is 0 Å². The molecule has 0 fully saturated rings. The normalized spacial score (nSPS) is 13.0. The summed E-state index contributed by atoms with van der Waals surface area (Å²) < 4.78 is 0. The van der Waals surface area contributed by atoms with Gasteiger partial charge in [0.05, 0.1) is 6.10 Å². The zero-order valence-electron chi connectivity index (χ0n) is 7.83. The van der Waals surface area contributed by atoms with E-state index in [4.69, 9.17) is 5.11 Å². The molecule has 0 saturated heterocycles. The second kappa shape index (κ2) is 3.68. The lowest BCUT2D eigenvalue weighted by Gasteiger charge is -2.05. The summed E-state index contributed by atoms with van der Waals surface area (Å²) in [5.41, 5.74) is 3.20. The first kappa shape index (κ1) is 9.20. The number of hydrogen-bond acceptors (Lipinski definition) is 2. The van der Waals surface area contributed by atoms with Crippen molar-refractivity contribution in [1.29, 1.82) is 0 Å². The molecule has 0 saturated carbocycles. The van der Waals surface area contributed by atoms with Gasteiger partial charge in [0.15, 0.2) is 0 Å². The van der Waals surface area contributed by atoms with E-state index in [-0.39, 0.29) is 6.10 Å². The maximum atomic E-state index is 9.15. The molecule has 0 aliphatic rings. The Morgan fingerprint density at radius 1 is 1.42 bits per heavy atom. The van der Waals surface area contributed by atoms with Crippen LogP contribution in [0.15, 0.2) is 12.1 Å². The largest absolute Gasteiger partial charge is 0.393 e. The van der Waals surface area contributed by atoms with Crippen molar-refractivity contribution in [3.63, 3.8) is 0 Å². The molecule has 0 aromatic carbocycles. The van der Waals surface area contributed by atoms with Crippen molar-refractivity contribution in [2.75, 3.05) is 0 Å². The van der Waals surface area contributed by atoms with Gasteiger partial charge in [0, 0.05) is 17.8 Å². The standard InChI is InChI=1S/C10H15NO/c1-7-4-8(2)11-10(5-7)6-9(3)12/h4-5,9,12H,6H2,1-3H3/t9-/m0/s1. The Labute approximate surface area is 73.3 Å². The smallest absolute Gasteiger partial charge is 0.0567 e. The van der Waals surface area contributed by atoms with E-state index in [2.05, 4.69) is 4.98 Å². The van der Waals surface area contributed by atoms with Crippen LogP contribution in [0.2, 0.25) is 0 Å². The van der Waals surface area contributed by atoms with Gasteiger partial charge in [0.2, 0.25) is 0 Å². The molecule has 1 heterocycles. The van der Waals surface area contributed by atoms with E-state index in [0.29, 0.717) is 6.42 Å². The van der Waals surface area contributed by atoms with Gasteiger partial charge in [-0.3, -0.25) is 4.98 Å². The van der Waals surface area contributed by atoms with Gasteiger partial charge >= 0.3 is 0 Å². The number of aliphatic hydroxyl groups is 1. The second-order valence-electron chi connectivity index (χ2n) is 3.33. The molecule has 0 aliphatic heterocycles. The summed E-state index contributed by atoms with van der Waals surface area (Å²) in [5, 5.41) is 9.15. The Kier molecular flexibility index (Phi) is 2.82. The molecule has 1 rings (SSSR count). The predicted octanol–water partition coefficient (Wildman–Crippen LogP) is 1.62. The van der Waals surface area contributed by atoms with Crippen molar-refractivity contribution in [2.24, 2.45) is 0 Å². The highest BCUT2D eigenvalue weighted by atomic mass is 16.3. The third-order valence-corrected chi connectivity index (χ3v) is 1.66. The highest BCUT2D eigenvalue weighted by Gasteiger charge is 2.01. The number of aromatic nitrogens is 1. The van der Waals surface area contributed by atoms with Gasteiger partial charge in [-0.15, -0.1) is 0 Å². The summed E-state index contributed by atoms with van der Waals surface area (Å²) in [4.78, 5) is 4.31. The first-order valence-corrected chi connectivity index (χ1v) is 4.20. The van der Waals surface area contributed by atoms with Crippen LogP contribution in [-0.4, -0.2) is 16.2 Å². The third kappa shape index (κ3) is 2.62. The molecule has 1 aromatic heterocycles. The zero-order chi connectivity index (χ0) is 9.14. The number of aryl methyl sites for hydroxylation is 2. The second-order valence-corrected chi connectivity index (χ2v) is 3.33. The van der Waals surface area contributed by atoms with Gasteiger partial charge in [0.25, 0.3) is 0 Å². The van der Waals surface area contributed by atoms with Crippen molar-refractivity contribution >= 4 is 0 Å². The van der Waals surface area contributed by atoms with Crippen molar-refractivity contribution in [3.8, 4) is 0 Å². The lowest BCUT2D eigenvalue weighted by Crippen LogP contribution is -2.06. The minimum absolute atomic E-state index is 0.307. The van der Waals surface area contributed by atoms with Gasteiger partial charge in [0.1, 0.15) is 0 Å². The maximum Gasteiger partial charge on any atom is 0.0567 e. The van der Waals surface area contributed by atoms with Crippen LogP contribution in [0.5, 0.6) is 0 Å². The molecule has 0 bridgehead atoms. The summed E-state index contributed by atoms with van der Waals surface area (Å²) in [6.45, 7) is 5.79. The van der Waals surface area contributed by atoms with Crippen LogP contribution < -0.4 is 0 Å². The summed E-state index contributed by atoms with van der Waals surface area (Å²) in [6, 6.07) is 4.05. The van der Waals surface area contributed by atoms with Crippen LogP contribution in [0.1, 0.15) is 23.9 Å². The fourth-order valence-corrected chi connectivity index (χ4v) is 1.33. The Bertz CT molecular complexity index is 248. The molecule has 0 spiro atoms. The molecule has 1 aromatic rings. The van der Waals surface area contributed by atoms with Crippen LogP contribution >= 0.6 is 0 Å². The quantitative estimate of drug-likeness (QED) is 0.722. The van der Waals surface area contributed by atoms with Crippen LogP contribution in [0, 0.1) is 13.8 Å². The Morgan fingerprint density at radius 3 is 2.58 bits per heavy atom. The summed E-state index contributed by atoms with van der Waals surface area (Å²) >= 11 is 0. The lowest BCUT2D eigenvalue weighted by molar-refractivity contribution is 0.194. The molecular weight excluding hydrogens is 150 g/mol. The van der Waals surface area contributed by atoms with E-state index in [0.717, 1.165) is 11.4 Å². The highest BCUT2D eigenvalue weighted by molar-refractivity contribution is 5.19. The molecular formula is C10H15NO. The van der Waals surface area contributed by atoms with Crippen LogP contribution in [0.3, 0.4) is 0 Å². The first-order chi connectivity index (χ1) is 5.58. The lowest BCUT2D eigenvalue weighted by atomic mass is 10.1. The Hall–Kier alpha value is -0.890. The van der Waals surface area contributed by atoms with Gasteiger partial charge in [-0.25, -0.2) is 0 Å². The zero-order valence-corrected chi connectivity index (χ0v) is 7.83. The van der Waals surface area contributed by atoms with E-state index >= 15 is 0 Å². The van der Waals surface area contributed by atoms with E-state index in [1.165, 1.54) is 5.56 Å². The van der Waals surface area contributed by atoms with E-state index in [1.54, 1.807) is 6.92 Å². The third-order valence-electron chi connectivity index (χ3n) is 1.66. The van der Waals surface area contributed by atoms with E-state index < -0.39 is 0 Å².